The van der Waals surface area contributed by atoms with Crippen molar-refractivity contribution in [3.05, 3.63) is 51.2 Å². The molecule has 3 heterocycles. The first-order valence-electron chi connectivity index (χ1n) is 9.19. The molecule has 2 amide bonds. The molecular formula is C20H22ClN3O2S. The fourth-order valence-corrected chi connectivity index (χ4v) is 4.84. The zero-order valence-electron chi connectivity index (χ0n) is 15.1. The van der Waals surface area contributed by atoms with Crippen molar-refractivity contribution >= 4 is 40.4 Å². The Kier molecular flexibility index (Phi) is 5.21. The van der Waals surface area contributed by atoms with Gasteiger partial charge in [-0.2, -0.15) is 0 Å². The van der Waals surface area contributed by atoms with Crippen molar-refractivity contribution < 1.29 is 9.59 Å². The molecule has 2 aromatic rings. The van der Waals surface area contributed by atoms with Crippen LogP contribution in [-0.2, 0) is 0 Å². The Labute approximate surface area is 167 Å². The van der Waals surface area contributed by atoms with Crippen molar-refractivity contribution in [3.63, 3.8) is 0 Å². The normalized spacial score (nSPS) is 23.9. The Bertz CT molecular complexity index is 843. The predicted molar refractivity (Wildman–Crippen MR) is 109 cm³/mol. The highest BCUT2D eigenvalue weighted by molar-refractivity contribution is 7.12. The van der Waals surface area contributed by atoms with Gasteiger partial charge in [-0.25, -0.2) is 0 Å². The lowest BCUT2D eigenvalue weighted by Crippen LogP contribution is -2.48. The molecule has 27 heavy (non-hydrogen) atoms. The Hall–Kier alpha value is -1.89. The fraction of sp³-hybridized carbons (Fsp3) is 0.400. The molecule has 2 N–H and O–H groups in total. The van der Waals surface area contributed by atoms with Crippen molar-refractivity contribution in [1.82, 2.24) is 10.2 Å². The molecule has 0 radical (unpaired) electrons. The van der Waals surface area contributed by atoms with Crippen LogP contribution in [0.3, 0.4) is 0 Å². The smallest absolute Gasteiger partial charge is 0.265 e. The summed E-state index contributed by atoms with van der Waals surface area (Å²) < 4.78 is 0. The minimum atomic E-state index is -0.222. The molecule has 4 rings (SSSR count). The van der Waals surface area contributed by atoms with Crippen molar-refractivity contribution in [1.29, 1.82) is 0 Å². The third-order valence-electron chi connectivity index (χ3n) is 5.52. The average molecular weight is 404 g/mol. The lowest BCUT2D eigenvalue weighted by atomic mass is 9.98. The molecule has 0 spiro atoms. The number of halogens is 1. The Balaban J connectivity index is 1.49. The first-order valence-corrected chi connectivity index (χ1v) is 10.4. The van der Waals surface area contributed by atoms with E-state index in [0.29, 0.717) is 33.2 Å². The van der Waals surface area contributed by atoms with Crippen molar-refractivity contribution in [2.75, 3.05) is 12.4 Å². The molecular weight excluding hydrogens is 382 g/mol. The third-order valence-corrected chi connectivity index (χ3v) is 6.72. The van der Waals surface area contributed by atoms with Gasteiger partial charge in [-0.05, 0) is 55.3 Å². The van der Waals surface area contributed by atoms with Gasteiger partial charge in [0, 0.05) is 30.7 Å². The topological polar surface area (TPSA) is 61.4 Å². The number of piperidine rings is 1. The largest absolute Gasteiger partial charge is 0.339 e. The maximum atomic E-state index is 13.0. The summed E-state index contributed by atoms with van der Waals surface area (Å²) >= 11 is 7.60. The minimum Gasteiger partial charge on any atom is -0.339 e. The van der Waals surface area contributed by atoms with Crippen molar-refractivity contribution in [2.45, 2.75) is 43.8 Å². The van der Waals surface area contributed by atoms with Gasteiger partial charge in [-0.3, -0.25) is 9.59 Å². The predicted octanol–water partition coefficient (Wildman–Crippen LogP) is 4.01. The zero-order valence-corrected chi connectivity index (χ0v) is 16.6. The number of thiophene rings is 1. The molecule has 1 aromatic carbocycles. The standard InChI is InChI=1S/C20H22ClN3O2S/c1-24(15-10-13-5-6-14(11-15)22-13)20(26)12-4-7-16(21)17(9-12)23-19(25)18-3-2-8-27-18/h2-4,7-9,13-15,22H,5-6,10-11H2,1H3,(H,23,25). The molecule has 142 valence electrons. The summed E-state index contributed by atoms with van der Waals surface area (Å²) in [6.07, 6.45) is 4.38. The van der Waals surface area contributed by atoms with Crippen LogP contribution >= 0.6 is 22.9 Å². The molecule has 2 aliphatic rings. The third kappa shape index (κ3) is 3.88. The SMILES string of the molecule is CN(C(=O)c1ccc(Cl)c(NC(=O)c2cccs2)c1)C1CC2CCC(C1)N2. The molecule has 5 nitrogen and oxygen atoms in total. The summed E-state index contributed by atoms with van der Waals surface area (Å²) in [5.41, 5.74) is 0.994. The number of fused-ring (bicyclic) bond motifs is 2. The average Bonchev–Trinajstić information content (AvgIpc) is 3.32. The van der Waals surface area contributed by atoms with E-state index in [1.807, 2.05) is 23.4 Å². The zero-order chi connectivity index (χ0) is 19.0. The number of nitrogens with zero attached hydrogens (tertiary/aromatic N) is 1. The molecule has 2 saturated heterocycles. The summed E-state index contributed by atoms with van der Waals surface area (Å²) in [6, 6.07) is 9.92. The van der Waals surface area contributed by atoms with Crippen LogP contribution in [-0.4, -0.2) is 41.9 Å². The summed E-state index contributed by atoms with van der Waals surface area (Å²) in [4.78, 5) is 27.8. The maximum Gasteiger partial charge on any atom is 0.265 e. The van der Waals surface area contributed by atoms with Crippen LogP contribution in [0.25, 0.3) is 0 Å². The molecule has 0 aliphatic carbocycles. The number of amides is 2. The lowest BCUT2D eigenvalue weighted by molar-refractivity contribution is 0.0681. The van der Waals surface area contributed by atoms with E-state index in [4.69, 9.17) is 11.6 Å². The second-order valence-electron chi connectivity index (χ2n) is 7.31. The van der Waals surface area contributed by atoms with Gasteiger partial charge < -0.3 is 15.5 Å². The van der Waals surface area contributed by atoms with Crippen LogP contribution < -0.4 is 10.6 Å². The number of benzene rings is 1. The minimum absolute atomic E-state index is 0.0374. The van der Waals surface area contributed by atoms with Crippen LogP contribution in [0.2, 0.25) is 5.02 Å². The van der Waals surface area contributed by atoms with Crippen molar-refractivity contribution in [2.24, 2.45) is 0 Å². The van der Waals surface area contributed by atoms with E-state index in [-0.39, 0.29) is 17.9 Å². The quantitative estimate of drug-likeness (QED) is 0.810. The van der Waals surface area contributed by atoms with E-state index in [2.05, 4.69) is 10.6 Å². The second-order valence-corrected chi connectivity index (χ2v) is 8.66. The first kappa shape index (κ1) is 18.5. The molecule has 2 atom stereocenters. The number of carbonyl (C=O) groups is 2. The van der Waals surface area contributed by atoms with Crippen LogP contribution in [0.4, 0.5) is 5.69 Å². The van der Waals surface area contributed by atoms with Crippen LogP contribution in [0.5, 0.6) is 0 Å². The number of nitrogens with one attached hydrogen (secondary N) is 2. The molecule has 2 fully saturated rings. The molecule has 2 aliphatic heterocycles. The van der Waals surface area contributed by atoms with E-state index in [1.165, 1.54) is 24.2 Å². The van der Waals surface area contributed by atoms with Gasteiger partial charge in [-0.15, -0.1) is 11.3 Å². The van der Waals surface area contributed by atoms with E-state index < -0.39 is 0 Å². The number of rotatable bonds is 4. The summed E-state index contributed by atoms with van der Waals surface area (Å²) in [6.45, 7) is 0. The maximum absolute atomic E-state index is 13.0. The second kappa shape index (κ2) is 7.62. The molecule has 2 bridgehead atoms. The number of carbonyl (C=O) groups excluding carboxylic acids is 2. The highest BCUT2D eigenvalue weighted by atomic mass is 35.5. The van der Waals surface area contributed by atoms with Crippen LogP contribution in [0, 0.1) is 0 Å². The Morgan fingerprint density at radius 3 is 2.63 bits per heavy atom. The molecule has 2 unspecified atom stereocenters. The molecule has 1 aromatic heterocycles. The summed E-state index contributed by atoms with van der Waals surface area (Å²) in [5, 5.41) is 8.67. The monoisotopic (exact) mass is 403 g/mol. The Morgan fingerprint density at radius 1 is 1.22 bits per heavy atom. The summed E-state index contributed by atoms with van der Waals surface area (Å²) in [5.74, 6) is -0.260. The Morgan fingerprint density at radius 2 is 1.96 bits per heavy atom. The molecule has 0 saturated carbocycles. The van der Waals surface area contributed by atoms with Crippen LogP contribution in [0.15, 0.2) is 35.7 Å². The van der Waals surface area contributed by atoms with Gasteiger partial charge in [0.05, 0.1) is 15.6 Å². The fourth-order valence-electron chi connectivity index (χ4n) is 4.06. The van der Waals surface area contributed by atoms with E-state index in [0.717, 1.165) is 12.8 Å². The summed E-state index contributed by atoms with van der Waals surface area (Å²) in [7, 11) is 1.87. The number of anilines is 1. The van der Waals surface area contributed by atoms with Crippen molar-refractivity contribution in [3.8, 4) is 0 Å². The number of hydrogen-bond donors (Lipinski definition) is 2. The van der Waals surface area contributed by atoms with E-state index >= 15 is 0 Å². The van der Waals surface area contributed by atoms with E-state index in [9.17, 15) is 9.59 Å². The van der Waals surface area contributed by atoms with Gasteiger partial charge in [0.25, 0.3) is 11.8 Å². The first-order chi connectivity index (χ1) is 13.0. The number of hydrogen-bond acceptors (Lipinski definition) is 4. The lowest BCUT2D eigenvalue weighted by Gasteiger charge is -2.35. The molecule has 7 heteroatoms. The van der Waals surface area contributed by atoms with E-state index in [1.54, 1.807) is 24.3 Å². The van der Waals surface area contributed by atoms with Gasteiger partial charge in [-0.1, -0.05) is 17.7 Å². The van der Waals surface area contributed by atoms with Gasteiger partial charge in [0.15, 0.2) is 0 Å². The van der Waals surface area contributed by atoms with Crippen LogP contribution in [0.1, 0.15) is 45.7 Å². The van der Waals surface area contributed by atoms with Gasteiger partial charge in [0.1, 0.15) is 0 Å². The highest BCUT2D eigenvalue weighted by Gasteiger charge is 2.36. The highest BCUT2D eigenvalue weighted by Crippen LogP contribution is 2.31. The van der Waals surface area contributed by atoms with Gasteiger partial charge >= 0.3 is 0 Å². The van der Waals surface area contributed by atoms with Gasteiger partial charge in [0.2, 0.25) is 0 Å².